The van der Waals surface area contributed by atoms with Crippen molar-refractivity contribution in [3.05, 3.63) is 71.5 Å². The van der Waals surface area contributed by atoms with Crippen LogP contribution in [0, 0.1) is 0 Å². The Morgan fingerprint density at radius 3 is 2.63 bits per heavy atom. The van der Waals surface area contributed by atoms with E-state index in [0.717, 1.165) is 40.9 Å². The molecule has 2 aromatic carbocycles. The number of aromatic nitrogens is 6. The third-order valence-corrected chi connectivity index (χ3v) is 5.77. The number of halogens is 1. The van der Waals surface area contributed by atoms with E-state index >= 15 is 0 Å². The molecular weight excluding hydrogens is 420 g/mol. The number of ether oxygens (including phenoxy) is 1. The summed E-state index contributed by atoms with van der Waals surface area (Å²) in [6, 6.07) is 17.5. The Balaban J connectivity index is 1.54. The van der Waals surface area contributed by atoms with Crippen molar-refractivity contribution in [2.24, 2.45) is 0 Å². The first-order valence-electron chi connectivity index (χ1n) is 9.53. The summed E-state index contributed by atoms with van der Waals surface area (Å²) in [6.07, 6.45) is 2.63. The average molecular weight is 441 g/mol. The van der Waals surface area contributed by atoms with Crippen molar-refractivity contribution < 1.29 is 4.74 Å². The van der Waals surface area contributed by atoms with Crippen LogP contribution in [0.5, 0.6) is 0 Å². The lowest BCUT2D eigenvalue weighted by molar-refractivity contribution is 0.189. The molecule has 2 heterocycles. The molecule has 0 amide bonds. The van der Waals surface area contributed by atoms with Gasteiger partial charge in [0, 0.05) is 31.6 Å². The van der Waals surface area contributed by atoms with Gasteiger partial charge in [0.1, 0.15) is 0 Å². The number of nitrogens with zero attached hydrogens (tertiary/aromatic N) is 6. The largest absolute Gasteiger partial charge is 0.385 e. The van der Waals surface area contributed by atoms with E-state index in [1.807, 2.05) is 54.6 Å². The van der Waals surface area contributed by atoms with Crippen LogP contribution in [0.3, 0.4) is 0 Å². The van der Waals surface area contributed by atoms with Gasteiger partial charge in [-0.2, -0.15) is 15.0 Å². The highest BCUT2D eigenvalue weighted by atomic mass is 35.5. The van der Waals surface area contributed by atoms with Crippen molar-refractivity contribution in [2.75, 3.05) is 13.7 Å². The van der Waals surface area contributed by atoms with Gasteiger partial charge in [-0.25, -0.2) is 0 Å². The lowest BCUT2D eigenvalue weighted by atomic mass is 10.2. The van der Waals surface area contributed by atoms with Gasteiger partial charge in [-0.3, -0.25) is 0 Å². The molecular formula is C21H21ClN6OS. The smallest absolute Gasteiger partial charge is 0.191 e. The van der Waals surface area contributed by atoms with Gasteiger partial charge in [0.05, 0.1) is 22.6 Å². The topological polar surface area (TPSA) is 70.7 Å². The first-order chi connectivity index (χ1) is 14.8. The maximum Gasteiger partial charge on any atom is 0.191 e. The SMILES string of the molecule is COCCCn1c(SCc2cnn(-c3ccccc3)n2)nnc1-c1ccccc1Cl. The lowest BCUT2D eigenvalue weighted by Gasteiger charge is -2.10. The molecule has 0 spiro atoms. The van der Waals surface area contributed by atoms with Gasteiger partial charge in [0.25, 0.3) is 0 Å². The molecule has 4 rings (SSSR count). The number of thioether (sulfide) groups is 1. The summed E-state index contributed by atoms with van der Waals surface area (Å²) in [5.74, 6) is 1.39. The van der Waals surface area contributed by atoms with Crippen LogP contribution in [0.15, 0.2) is 66.0 Å². The Morgan fingerprint density at radius 1 is 1.03 bits per heavy atom. The maximum absolute atomic E-state index is 6.40. The van der Waals surface area contributed by atoms with E-state index in [0.29, 0.717) is 17.4 Å². The summed E-state index contributed by atoms with van der Waals surface area (Å²) in [7, 11) is 1.70. The average Bonchev–Trinajstić information content (AvgIpc) is 3.41. The molecule has 0 aliphatic carbocycles. The Kier molecular flexibility index (Phi) is 6.78. The Labute approximate surface area is 184 Å². The Morgan fingerprint density at radius 2 is 1.83 bits per heavy atom. The molecule has 0 unspecified atom stereocenters. The number of methoxy groups -OCH3 is 1. The molecule has 154 valence electrons. The highest BCUT2D eigenvalue weighted by Gasteiger charge is 2.17. The predicted molar refractivity (Wildman–Crippen MR) is 118 cm³/mol. The van der Waals surface area contributed by atoms with Crippen LogP contribution >= 0.6 is 23.4 Å². The highest BCUT2D eigenvalue weighted by Crippen LogP contribution is 2.30. The van der Waals surface area contributed by atoms with Crippen molar-refractivity contribution in [1.29, 1.82) is 0 Å². The molecule has 0 bridgehead atoms. The molecule has 0 aliphatic rings. The number of hydrogen-bond acceptors (Lipinski definition) is 6. The van der Waals surface area contributed by atoms with Gasteiger partial charge < -0.3 is 9.30 Å². The monoisotopic (exact) mass is 440 g/mol. The standard InChI is InChI=1S/C21H21ClN6OS/c1-29-13-7-12-27-20(18-10-5-6-11-19(18)22)24-25-21(27)30-15-16-14-23-28(26-16)17-8-3-2-4-9-17/h2-6,8-11,14H,7,12-13,15H2,1H3. The van der Waals surface area contributed by atoms with Gasteiger partial charge in [0.2, 0.25) is 0 Å². The quantitative estimate of drug-likeness (QED) is 0.282. The number of para-hydroxylation sites is 1. The van der Waals surface area contributed by atoms with Crippen molar-refractivity contribution in [1.82, 2.24) is 29.8 Å². The fourth-order valence-electron chi connectivity index (χ4n) is 2.99. The van der Waals surface area contributed by atoms with Gasteiger partial charge in [0.15, 0.2) is 11.0 Å². The van der Waals surface area contributed by atoms with Crippen LogP contribution in [0.25, 0.3) is 17.1 Å². The normalized spacial score (nSPS) is 11.1. The summed E-state index contributed by atoms with van der Waals surface area (Å²) in [4.78, 5) is 1.63. The minimum absolute atomic E-state index is 0.637. The fourth-order valence-corrected chi connectivity index (χ4v) is 4.05. The summed E-state index contributed by atoms with van der Waals surface area (Å²) in [6.45, 7) is 1.40. The third kappa shape index (κ3) is 4.72. The zero-order valence-electron chi connectivity index (χ0n) is 16.5. The van der Waals surface area contributed by atoms with E-state index in [-0.39, 0.29) is 0 Å². The van der Waals surface area contributed by atoms with Crippen LogP contribution in [-0.2, 0) is 17.0 Å². The number of hydrogen-bond donors (Lipinski definition) is 0. The van der Waals surface area contributed by atoms with Crippen molar-refractivity contribution in [3.8, 4) is 17.1 Å². The van der Waals surface area contributed by atoms with Crippen molar-refractivity contribution in [2.45, 2.75) is 23.9 Å². The Bertz CT molecular complexity index is 1100. The second kappa shape index (κ2) is 9.88. The fraction of sp³-hybridized carbons (Fsp3) is 0.238. The molecule has 0 saturated carbocycles. The van der Waals surface area contributed by atoms with E-state index in [9.17, 15) is 0 Å². The minimum Gasteiger partial charge on any atom is -0.385 e. The zero-order valence-corrected chi connectivity index (χ0v) is 18.1. The molecule has 7 nitrogen and oxygen atoms in total. The van der Waals surface area contributed by atoms with Crippen LogP contribution in [0.2, 0.25) is 5.02 Å². The molecule has 2 aromatic heterocycles. The maximum atomic E-state index is 6.40. The van der Waals surface area contributed by atoms with Gasteiger partial charge in [-0.1, -0.05) is 53.7 Å². The molecule has 0 radical (unpaired) electrons. The molecule has 30 heavy (non-hydrogen) atoms. The summed E-state index contributed by atoms with van der Waals surface area (Å²) >= 11 is 7.98. The summed E-state index contributed by atoms with van der Waals surface area (Å²) in [5.41, 5.74) is 2.66. The third-order valence-electron chi connectivity index (χ3n) is 4.44. The first-order valence-corrected chi connectivity index (χ1v) is 10.9. The van der Waals surface area contributed by atoms with Crippen LogP contribution in [0.1, 0.15) is 12.1 Å². The molecule has 0 aliphatic heterocycles. The molecule has 0 N–H and O–H groups in total. The van der Waals surface area contributed by atoms with Crippen LogP contribution < -0.4 is 0 Å². The van der Waals surface area contributed by atoms with E-state index in [1.165, 1.54) is 0 Å². The summed E-state index contributed by atoms with van der Waals surface area (Å²) < 4.78 is 7.31. The van der Waals surface area contributed by atoms with Crippen molar-refractivity contribution >= 4 is 23.4 Å². The highest BCUT2D eigenvalue weighted by molar-refractivity contribution is 7.98. The molecule has 4 aromatic rings. The predicted octanol–water partition coefficient (Wildman–Crippen LogP) is 4.51. The Hall–Kier alpha value is -2.68. The molecule has 9 heteroatoms. The first kappa shape index (κ1) is 20.6. The minimum atomic E-state index is 0.637. The molecule has 0 fully saturated rings. The molecule has 0 saturated heterocycles. The number of benzene rings is 2. The lowest BCUT2D eigenvalue weighted by Crippen LogP contribution is -2.05. The van der Waals surface area contributed by atoms with Gasteiger partial charge in [-0.05, 0) is 30.7 Å². The zero-order chi connectivity index (χ0) is 20.8. The van der Waals surface area contributed by atoms with E-state index in [1.54, 1.807) is 29.9 Å². The van der Waals surface area contributed by atoms with Crippen molar-refractivity contribution in [3.63, 3.8) is 0 Å². The van der Waals surface area contributed by atoms with Crippen LogP contribution in [-0.4, -0.2) is 43.5 Å². The van der Waals surface area contributed by atoms with E-state index in [2.05, 4.69) is 25.0 Å². The second-order valence-electron chi connectivity index (χ2n) is 6.53. The molecule has 0 atom stereocenters. The van der Waals surface area contributed by atoms with E-state index < -0.39 is 0 Å². The number of rotatable bonds is 9. The van der Waals surface area contributed by atoms with Gasteiger partial charge >= 0.3 is 0 Å². The van der Waals surface area contributed by atoms with E-state index in [4.69, 9.17) is 16.3 Å². The summed E-state index contributed by atoms with van der Waals surface area (Å²) in [5, 5.41) is 19.2. The van der Waals surface area contributed by atoms with Crippen LogP contribution in [0.4, 0.5) is 0 Å². The van der Waals surface area contributed by atoms with Gasteiger partial charge in [-0.15, -0.1) is 10.2 Å². The second-order valence-corrected chi connectivity index (χ2v) is 7.88.